The molecule has 1 aromatic carbocycles. The summed E-state index contributed by atoms with van der Waals surface area (Å²) in [6, 6.07) is 10.5. The van der Waals surface area contributed by atoms with E-state index in [4.69, 9.17) is 11.6 Å². The number of rotatable bonds is 6. The van der Waals surface area contributed by atoms with Crippen LogP contribution in [0.15, 0.2) is 54.1 Å². The molecule has 0 saturated carbocycles. The Morgan fingerprint density at radius 1 is 1.17 bits per heavy atom. The molecule has 0 unspecified atom stereocenters. The van der Waals surface area contributed by atoms with Gasteiger partial charge in [-0.2, -0.15) is 0 Å². The van der Waals surface area contributed by atoms with Gasteiger partial charge in [-0.25, -0.2) is 4.39 Å². The molecule has 0 aliphatic rings. The molecule has 118 valence electrons. The van der Waals surface area contributed by atoms with Crippen molar-refractivity contribution in [3.8, 4) is 0 Å². The van der Waals surface area contributed by atoms with Crippen molar-refractivity contribution >= 4 is 23.4 Å². The quantitative estimate of drug-likeness (QED) is 0.631. The number of aryl methyl sites for hydroxylation is 2. The second-order valence-corrected chi connectivity index (χ2v) is 6.22. The molecule has 0 spiro atoms. The zero-order chi connectivity index (χ0) is 16.1. The van der Waals surface area contributed by atoms with Gasteiger partial charge in [0.25, 0.3) is 0 Å². The molecule has 3 aromatic rings. The van der Waals surface area contributed by atoms with Crippen LogP contribution in [0.5, 0.6) is 0 Å². The van der Waals surface area contributed by atoms with Crippen molar-refractivity contribution in [2.45, 2.75) is 23.9 Å². The first-order valence-corrected chi connectivity index (χ1v) is 8.44. The number of aromatic nitrogens is 4. The van der Waals surface area contributed by atoms with Crippen LogP contribution in [-0.2, 0) is 18.7 Å². The lowest BCUT2D eigenvalue weighted by molar-refractivity contribution is 0.615. The number of thioether (sulfide) groups is 1. The van der Waals surface area contributed by atoms with E-state index in [1.165, 1.54) is 17.8 Å². The van der Waals surface area contributed by atoms with Crippen LogP contribution in [-0.4, -0.2) is 19.7 Å². The van der Waals surface area contributed by atoms with E-state index in [1.807, 2.05) is 22.8 Å². The van der Waals surface area contributed by atoms with E-state index in [0.717, 1.165) is 23.8 Å². The van der Waals surface area contributed by atoms with E-state index in [1.54, 1.807) is 24.7 Å². The highest BCUT2D eigenvalue weighted by atomic mass is 35.5. The molecule has 0 aliphatic carbocycles. The Morgan fingerprint density at radius 2 is 2.09 bits per heavy atom. The molecule has 2 heterocycles. The van der Waals surface area contributed by atoms with Crippen molar-refractivity contribution in [2.24, 2.45) is 0 Å². The van der Waals surface area contributed by atoms with Gasteiger partial charge in [-0.3, -0.25) is 4.98 Å². The molecule has 0 radical (unpaired) electrons. The maximum Gasteiger partial charge on any atom is 0.191 e. The summed E-state index contributed by atoms with van der Waals surface area (Å²) in [5.74, 6) is 0.109. The minimum absolute atomic E-state index is 0.301. The fourth-order valence-corrected chi connectivity index (χ4v) is 3.38. The maximum absolute atomic E-state index is 13.8. The van der Waals surface area contributed by atoms with Gasteiger partial charge in [0.1, 0.15) is 12.1 Å². The predicted molar refractivity (Wildman–Crippen MR) is 88.9 cm³/mol. The lowest BCUT2D eigenvalue weighted by atomic mass is 10.2. The normalized spacial score (nSPS) is 10.9. The van der Waals surface area contributed by atoms with E-state index in [9.17, 15) is 4.39 Å². The van der Waals surface area contributed by atoms with Gasteiger partial charge in [0.15, 0.2) is 5.16 Å². The van der Waals surface area contributed by atoms with Crippen LogP contribution >= 0.6 is 23.4 Å². The second-order valence-electron chi connectivity index (χ2n) is 4.87. The Bertz CT molecular complexity index is 759. The fourth-order valence-electron chi connectivity index (χ4n) is 2.10. The molecule has 7 heteroatoms. The van der Waals surface area contributed by atoms with E-state index < -0.39 is 0 Å². The van der Waals surface area contributed by atoms with Gasteiger partial charge in [-0.1, -0.05) is 35.5 Å². The van der Waals surface area contributed by atoms with Crippen LogP contribution in [0.25, 0.3) is 0 Å². The van der Waals surface area contributed by atoms with Gasteiger partial charge < -0.3 is 4.57 Å². The first kappa shape index (κ1) is 16.0. The molecule has 3 rings (SSSR count). The number of pyridine rings is 1. The Hall–Kier alpha value is -1.92. The third-order valence-corrected chi connectivity index (χ3v) is 4.68. The Labute approximate surface area is 142 Å². The third kappa shape index (κ3) is 4.09. The van der Waals surface area contributed by atoms with Crippen molar-refractivity contribution in [1.29, 1.82) is 0 Å². The minimum Gasteiger partial charge on any atom is -0.308 e. The van der Waals surface area contributed by atoms with E-state index in [0.29, 0.717) is 16.3 Å². The first-order valence-electron chi connectivity index (χ1n) is 7.07. The predicted octanol–water partition coefficient (Wildman–Crippen LogP) is 4.00. The molecule has 0 fully saturated rings. The molecular formula is C16H14ClFN4S. The zero-order valence-corrected chi connectivity index (χ0v) is 13.8. The number of nitrogens with zero attached hydrogens (tertiary/aromatic N) is 4. The molecule has 2 aromatic heterocycles. The van der Waals surface area contributed by atoms with Crippen molar-refractivity contribution in [2.75, 3.05) is 0 Å². The molecule has 23 heavy (non-hydrogen) atoms. The first-order chi connectivity index (χ1) is 11.2. The summed E-state index contributed by atoms with van der Waals surface area (Å²) in [7, 11) is 0. The summed E-state index contributed by atoms with van der Waals surface area (Å²) in [5, 5.41) is 9.19. The molecule has 0 atom stereocenters. The van der Waals surface area contributed by atoms with Crippen LogP contribution in [0.3, 0.4) is 0 Å². The van der Waals surface area contributed by atoms with Crippen LogP contribution in [0.4, 0.5) is 4.39 Å². The Kier molecular flexibility index (Phi) is 5.25. The van der Waals surface area contributed by atoms with Crippen molar-refractivity contribution in [3.63, 3.8) is 0 Å². The monoisotopic (exact) mass is 348 g/mol. The highest BCUT2D eigenvalue weighted by Crippen LogP contribution is 2.27. The van der Waals surface area contributed by atoms with Gasteiger partial charge in [-0.05, 0) is 24.3 Å². The largest absolute Gasteiger partial charge is 0.308 e. The van der Waals surface area contributed by atoms with Gasteiger partial charge in [-0.15, -0.1) is 10.2 Å². The number of halogens is 2. The van der Waals surface area contributed by atoms with Gasteiger partial charge >= 0.3 is 0 Å². The average Bonchev–Trinajstić information content (AvgIpc) is 3.01. The van der Waals surface area contributed by atoms with E-state index in [2.05, 4.69) is 15.2 Å². The second kappa shape index (κ2) is 7.57. The fraction of sp³-hybridized carbons (Fsp3) is 0.188. The Balaban J connectivity index is 1.65. The Morgan fingerprint density at radius 3 is 2.87 bits per heavy atom. The average molecular weight is 349 g/mol. The number of hydrogen-bond acceptors (Lipinski definition) is 4. The summed E-state index contributed by atoms with van der Waals surface area (Å²) in [6.45, 7) is 0.720. The molecule has 0 saturated heterocycles. The number of benzene rings is 1. The smallest absolute Gasteiger partial charge is 0.191 e. The molecular weight excluding hydrogens is 335 g/mol. The van der Waals surface area contributed by atoms with Crippen LogP contribution in [0, 0.1) is 5.82 Å². The lowest BCUT2D eigenvalue weighted by Crippen LogP contribution is -2.03. The molecule has 0 bridgehead atoms. The molecule has 0 amide bonds. The van der Waals surface area contributed by atoms with Crippen LogP contribution < -0.4 is 0 Å². The molecule has 0 N–H and O–H groups in total. The summed E-state index contributed by atoms with van der Waals surface area (Å²) >= 11 is 7.46. The van der Waals surface area contributed by atoms with Gasteiger partial charge in [0.05, 0.1) is 0 Å². The van der Waals surface area contributed by atoms with E-state index in [-0.39, 0.29) is 5.82 Å². The SMILES string of the molecule is Fc1cccc(Cl)c1CSc1nncn1CCc1ccccn1. The van der Waals surface area contributed by atoms with Crippen LogP contribution in [0.1, 0.15) is 11.3 Å². The van der Waals surface area contributed by atoms with Gasteiger partial charge in [0.2, 0.25) is 0 Å². The summed E-state index contributed by atoms with van der Waals surface area (Å²) in [4.78, 5) is 4.30. The van der Waals surface area contributed by atoms with Crippen molar-refractivity contribution in [1.82, 2.24) is 19.7 Å². The summed E-state index contributed by atoms with van der Waals surface area (Å²) in [6.07, 6.45) is 4.23. The maximum atomic E-state index is 13.8. The highest BCUT2D eigenvalue weighted by Gasteiger charge is 2.11. The van der Waals surface area contributed by atoms with Crippen molar-refractivity contribution in [3.05, 3.63) is 71.0 Å². The van der Waals surface area contributed by atoms with Crippen molar-refractivity contribution < 1.29 is 4.39 Å². The summed E-state index contributed by atoms with van der Waals surface area (Å²) in [5.41, 5.74) is 1.49. The van der Waals surface area contributed by atoms with Crippen LogP contribution in [0.2, 0.25) is 5.02 Å². The molecule has 0 aliphatic heterocycles. The third-order valence-electron chi connectivity index (χ3n) is 3.32. The zero-order valence-electron chi connectivity index (χ0n) is 12.2. The minimum atomic E-state index is -0.301. The standard InChI is InChI=1S/C16H14ClFN4S/c17-14-5-3-6-15(18)13(14)10-23-16-21-20-11-22(16)9-7-12-4-1-2-8-19-12/h1-6,8,11H,7,9-10H2. The lowest BCUT2D eigenvalue weighted by Gasteiger charge is -2.07. The van der Waals surface area contributed by atoms with Gasteiger partial charge in [0, 0.05) is 41.2 Å². The summed E-state index contributed by atoms with van der Waals surface area (Å²) < 4.78 is 15.7. The number of hydrogen-bond donors (Lipinski definition) is 0. The molecule has 4 nitrogen and oxygen atoms in total. The van der Waals surface area contributed by atoms with E-state index >= 15 is 0 Å². The topological polar surface area (TPSA) is 43.6 Å². The highest BCUT2D eigenvalue weighted by molar-refractivity contribution is 7.98.